The van der Waals surface area contributed by atoms with E-state index in [4.69, 9.17) is 0 Å². The summed E-state index contributed by atoms with van der Waals surface area (Å²) in [7, 11) is 0. The summed E-state index contributed by atoms with van der Waals surface area (Å²) in [4.78, 5) is 13.7. The first kappa shape index (κ1) is 14.8. The van der Waals surface area contributed by atoms with Gasteiger partial charge in [-0.2, -0.15) is 0 Å². The van der Waals surface area contributed by atoms with E-state index in [9.17, 15) is 26.7 Å². The highest BCUT2D eigenvalue weighted by atomic mass is 79.9. The monoisotopic (exact) mass is 333 g/mol. The zero-order valence-corrected chi connectivity index (χ0v) is 10.1. The van der Waals surface area contributed by atoms with Gasteiger partial charge in [0.15, 0.2) is 6.29 Å². The normalized spacial score (nSPS) is 11.7. The van der Waals surface area contributed by atoms with Crippen molar-refractivity contribution in [2.75, 3.05) is 0 Å². The number of nitrogens with zero attached hydrogens (tertiary/aromatic N) is 1. The summed E-state index contributed by atoms with van der Waals surface area (Å²) < 4.78 is 64.5. The second kappa shape index (κ2) is 5.59. The van der Waals surface area contributed by atoms with Gasteiger partial charge in [-0.3, -0.25) is 4.79 Å². The van der Waals surface area contributed by atoms with Crippen molar-refractivity contribution >= 4 is 22.2 Å². The molecule has 0 aliphatic rings. The van der Waals surface area contributed by atoms with Crippen LogP contribution in [0.3, 0.4) is 0 Å². The van der Waals surface area contributed by atoms with E-state index in [-0.39, 0.29) is 22.7 Å². The molecule has 1 rings (SSSR count). The second-order valence-corrected chi connectivity index (χ2v) is 3.57. The van der Waals surface area contributed by atoms with Crippen LogP contribution in [0.15, 0.2) is 6.07 Å². The van der Waals surface area contributed by atoms with E-state index >= 15 is 0 Å². The number of ether oxygens (including phenoxy) is 1. The predicted octanol–water partition coefficient (Wildman–Crippen LogP) is 3.63. The van der Waals surface area contributed by atoms with E-state index in [0.29, 0.717) is 6.07 Å². The van der Waals surface area contributed by atoms with Gasteiger partial charge in [0.2, 0.25) is 5.88 Å². The summed E-state index contributed by atoms with van der Waals surface area (Å²) in [6, 6.07) is 0.656. The van der Waals surface area contributed by atoms with Crippen molar-refractivity contribution in [2.24, 2.45) is 0 Å². The van der Waals surface area contributed by atoms with Crippen LogP contribution >= 0.6 is 15.9 Å². The number of hydrogen-bond donors (Lipinski definition) is 0. The molecule has 0 N–H and O–H groups in total. The molecule has 0 saturated carbocycles. The number of aromatic nitrogens is 1. The first-order valence-corrected chi connectivity index (χ1v) is 5.49. The van der Waals surface area contributed by atoms with Gasteiger partial charge < -0.3 is 4.74 Å². The summed E-state index contributed by atoms with van der Waals surface area (Å²) in [5, 5.41) is -0.139. The van der Waals surface area contributed by atoms with E-state index in [0.717, 1.165) is 0 Å². The first-order chi connectivity index (χ1) is 8.28. The maximum Gasteiger partial charge on any atom is 0.574 e. The summed E-state index contributed by atoms with van der Waals surface area (Å²) in [6.07, 6.45) is -8.02. The highest BCUT2D eigenvalue weighted by Gasteiger charge is 2.33. The maximum absolute atomic E-state index is 12.6. The number of hydrogen-bond acceptors (Lipinski definition) is 3. The van der Waals surface area contributed by atoms with Crippen LogP contribution in [0, 0.1) is 0 Å². The average Bonchev–Trinajstić information content (AvgIpc) is 2.25. The summed E-state index contributed by atoms with van der Waals surface area (Å²) >= 11 is 2.86. The molecule has 0 atom stereocenters. The molecule has 100 valence electrons. The summed E-state index contributed by atoms with van der Waals surface area (Å²) in [5.41, 5.74) is -1.43. The first-order valence-electron chi connectivity index (χ1n) is 4.37. The number of alkyl halides is 6. The molecular weight excluding hydrogens is 329 g/mol. The molecule has 0 aliphatic carbocycles. The Morgan fingerprint density at radius 2 is 2.06 bits per heavy atom. The topological polar surface area (TPSA) is 39.2 Å². The van der Waals surface area contributed by atoms with Crippen LogP contribution < -0.4 is 4.74 Å². The predicted molar refractivity (Wildman–Crippen MR) is 53.9 cm³/mol. The van der Waals surface area contributed by atoms with Crippen LogP contribution in [0.25, 0.3) is 0 Å². The smallest absolute Gasteiger partial charge is 0.388 e. The Hall–Kier alpha value is -1.25. The van der Waals surface area contributed by atoms with Gasteiger partial charge >= 0.3 is 6.36 Å². The zero-order valence-electron chi connectivity index (χ0n) is 8.47. The highest BCUT2D eigenvalue weighted by Crippen LogP contribution is 2.30. The van der Waals surface area contributed by atoms with Gasteiger partial charge in [-0.05, 0) is 0 Å². The van der Waals surface area contributed by atoms with Crippen molar-refractivity contribution in [3.63, 3.8) is 0 Å². The number of pyridine rings is 1. The van der Waals surface area contributed by atoms with Gasteiger partial charge in [-0.1, -0.05) is 15.9 Å². The fourth-order valence-electron chi connectivity index (χ4n) is 1.19. The van der Waals surface area contributed by atoms with Crippen LogP contribution in [0.4, 0.5) is 22.0 Å². The molecule has 3 nitrogen and oxygen atoms in total. The van der Waals surface area contributed by atoms with Crippen LogP contribution in [0.2, 0.25) is 0 Å². The number of carbonyl (C=O) groups excluding carboxylic acids is 1. The van der Waals surface area contributed by atoms with Crippen LogP contribution in [0.1, 0.15) is 28.0 Å². The lowest BCUT2D eigenvalue weighted by Gasteiger charge is -2.13. The molecule has 0 saturated heterocycles. The highest BCUT2D eigenvalue weighted by molar-refractivity contribution is 9.08. The SMILES string of the molecule is O=Cc1cc(OC(F)(F)F)nc(C(F)F)c1CBr. The molecular formula is C9H5BrF5NO2. The van der Waals surface area contributed by atoms with Crippen molar-refractivity contribution in [3.8, 4) is 5.88 Å². The zero-order chi connectivity index (χ0) is 13.9. The van der Waals surface area contributed by atoms with Gasteiger partial charge in [-0.15, -0.1) is 13.2 Å². The fourth-order valence-corrected chi connectivity index (χ4v) is 1.80. The van der Waals surface area contributed by atoms with Crippen molar-refractivity contribution in [3.05, 3.63) is 22.9 Å². The molecule has 9 heteroatoms. The van der Waals surface area contributed by atoms with Crippen molar-refractivity contribution in [1.82, 2.24) is 4.98 Å². The number of rotatable bonds is 4. The van der Waals surface area contributed by atoms with E-state index in [1.807, 2.05) is 0 Å². The minimum Gasteiger partial charge on any atom is -0.388 e. The maximum atomic E-state index is 12.6. The van der Waals surface area contributed by atoms with Crippen LogP contribution in [0.5, 0.6) is 5.88 Å². The molecule has 0 aliphatic heterocycles. The Morgan fingerprint density at radius 1 is 1.44 bits per heavy atom. The Balaban J connectivity index is 3.32. The fraction of sp³-hybridized carbons (Fsp3) is 0.333. The summed E-state index contributed by atoms with van der Waals surface area (Å²) in [5.74, 6) is -1.09. The Morgan fingerprint density at radius 3 is 2.44 bits per heavy atom. The second-order valence-electron chi connectivity index (χ2n) is 3.01. The molecule has 0 radical (unpaired) electrons. The lowest BCUT2D eigenvalue weighted by Crippen LogP contribution is -2.19. The third kappa shape index (κ3) is 3.62. The van der Waals surface area contributed by atoms with Gasteiger partial charge in [0.1, 0.15) is 5.69 Å². The average molecular weight is 334 g/mol. The molecule has 1 aromatic rings. The Kier molecular flexibility index (Phi) is 4.60. The van der Waals surface area contributed by atoms with E-state index < -0.39 is 24.4 Å². The van der Waals surface area contributed by atoms with Gasteiger partial charge in [0, 0.05) is 22.5 Å². The van der Waals surface area contributed by atoms with Crippen LogP contribution in [-0.4, -0.2) is 17.6 Å². The molecule has 1 aromatic heterocycles. The minimum atomic E-state index is -5.07. The molecule has 0 amide bonds. The Bertz CT molecular complexity index is 449. The van der Waals surface area contributed by atoms with Crippen molar-refractivity contribution in [1.29, 1.82) is 0 Å². The van der Waals surface area contributed by atoms with Crippen LogP contribution in [-0.2, 0) is 5.33 Å². The van der Waals surface area contributed by atoms with Gasteiger partial charge in [0.25, 0.3) is 6.43 Å². The van der Waals surface area contributed by atoms with Gasteiger partial charge in [0.05, 0.1) is 0 Å². The number of halogens is 6. The van der Waals surface area contributed by atoms with E-state index in [1.165, 1.54) is 0 Å². The molecule has 0 spiro atoms. The van der Waals surface area contributed by atoms with Crippen molar-refractivity contribution < 1.29 is 31.5 Å². The minimum absolute atomic E-state index is 0.139. The molecule has 0 fully saturated rings. The quantitative estimate of drug-likeness (QED) is 0.480. The lowest BCUT2D eigenvalue weighted by atomic mass is 10.1. The lowest BCUT2D eigenvalue weighted by molar-refractivity contribution is -0.276. The molecule has 0 bridgehead atoms. The third-order valence-electron chi connectivity index (χ3n) is 1.85. The van der Waals surface area contributed by atoms with E-state index in [2.05, 4.69) is 25.7 Å². The molecule has 18 heavy (non-hydrogen) atoms. The summed E-state index contributed by atoms with van der Waals surface area (Å²) in [6.45, 7) is 0. The standard InChI is InChI=1S/C9H5BrF5NO2/c10-2-5-4(3-17)1-6(18-9(13,14)15)16-7(5)8(11)12/h1,3,8H,2H2. The molecule has 0 unspecified atom stereocenters. The molecule has 1 heterocycles. The Labute approximate surface area is 106 Å². The molecule has 0 aromatic carbocycles. The van der Waals surface area contributed by atoms with E-state index in [1.54, 1.807) is 0 Å². The van der Waals surface area contributed by atoms with Crippen molar-refractivity contribution in [2.45, 2.75) is 18.1 Å². The third-order valence-corrected chi connectivity index (χ3v) is 2.42. The number of carbonyl (C=O) groups is 1. The largest absolute Gasteiger partial charge is 0.574 e. The van der Waals surface area contributed by atoms with Gasteiger partial charge in [-0.25, -0.2) is 13.8 Å². The number of aldehydes is 1.